The van der Waals surface area contributed by atoms with Crippen LogP contribution in [0.3, 0.4) is 0 Å². The summed E-state index contributed by atoms with van der Waals surface area (Å²) in [5, 5.41) is 6.73. The molecule has 1 atom stereocenters. The molecule has 1 aromatic carbocycles. The molecule has 134 valence electrons. The van der Waals surface area contributed by atoms with Crippen LogP contribution >= 0.6 is 11.3 Å². The fourth-order valence-electron chi connectivity index (χ4n) is 3.19. The van der Waals surface area contributed by atoms with Crippen LogP contribution in [0.25, 0.3) is 10.1 Å². The van der Waals surface area contributed by atoms with Crippen molar-refractivity contribution in [1.82, 2.24) is 5.32 Å². The van der Waals surface area contributed by atoms with Crippen LogP contribution in [-0.2, 0) is 0 Å². The Balaban J connectivity index is 1.77. The highest BCUT2D eigenvalue weighted by molar-refractivity contribution is 7.17. The van der Waals surface area contributed by atoms with Crippen molar-refractivity contribution in [1.29, 1.82) is 0 Å². The summed E-state index contributed by atoms with van der Waals surface area (Å²) < 4.78 is 14.7. The monoisotopic (exact) mass is 350 g/mol. The number of nitrogens with zero attached hydrogens (tertiary/aromatic N) is 1. The number of nitrogens with one attached hydrogen (secondary N) is 1. The molecule has 4 heteroatoms. The number of alkyl halides is 1. The van der Waals surface area contributed by atoms with Gasteiger partial charge in [-0.25, -0.2) is 4.39 Å². The lowest BCUT2D eigenvalue weighted by atomic mass is 9.96. The summed E-state index contributed by atoms with van der Waals surface area (Å²) >= 11 is 1.71. The van der Waals surface area contributed by atoms with Crippen molar-refractivity contribution in [2.75, 3.05) is 31.3 Å². The number of fused-ring (bicyclic) bond motifs is 1. The SMILES string of the molecule is CCCCC(CC)CCNCCN(CF)c1cccc2sccc12. The van der Waals surface area contributed by atoms with Crippen LogP contribution in [0.1, 0.15) is 46.0 Å². The Morgan fingerprint density at radius 2 is 2.04 bits per heavy atom. The van der Waals surface area contributed by atoms with Crippen LogP contribution in [0.15, 0.2) is 29.6 Å². The number of thiophene rings is 1. The molecular formula is C20H31FN2S. The average molecular weight is 351 g/mol. The molecule has 0 aliphatic heterocycles. The van der Waals surface area contributed by atoms with E-state index in [1.165, 1.54) is 36.8 Å². The fraction of sp³-hybridized carbons (Fsp3) is 0.600. The van der Waals surface area contributed by atoms with Crippen molar-refractivity contribution >= 4 is 27.1 Å². The minimum absolute atomic E-state index is 0.440. The molecule has 0 bridgehead atoms. The minimum atomic E-state index is -0.440. The quantitative estimate of drug-likeness (QED) is 0.383. The Bertz CT molecular complexity index is 584. The molecule has 1 heterocycles. The first-order valence-corrected chi connectivity index (χ1v) is 10.2. The first-order chi connectivity index (χ1) is 11.8. The zero-order valence-corrected chi connectivity index (χ0v) is 15.9. The topological polar surface area (TPSA) is 15.3 Å². The first-order valence-electron chi connectivity index (χ1n) is 9.28. The van der Waals surface area contributed by atoms with Crippen LogP contribution < -0.4 is 10.2 Å². The smallest absolute Gasteiger partial charge is 0.162 e. The summed E-state index contributed by atoms with van der Waals surface area (Å²) in [5.41, 5.74) is 1.01. The van der Waals surface area contributed by atoms with Crippen LogP contribution in [0, 0.1) is 5.92 Å². The summed E-state index contributed by atoms with van der Waals surface area (Å²) in [5.74, 6) is 0.828. The molecule has 0 saturated heterocycles. The maximum atomic E-state index is 13.5. The second-order valence-electron chi connectivity index (χ2n) is 6.45. The van der Waals surface area contributed by atoms with E-state index in [0.717, 1.165) is 30.1 Å². The van der Waals surface area contributed by atoms with Crippen molar-refractivity contribution in [2.24, 2.45) is 5.92 Å². The Kier molecular flexibility index (Phi) is 8.54. The van der Waals surface area contributed by atoms with E-state index in [1.54, 1.807) is 11.3 Å². The molecule has 0 aliphatic carbocycles. The van der Waals surface area contributed by atoms with Crippen molar-refractivity contribution in [3.8, 4) is 0 Å². The van der Waals surface area contributed by atoms with Crippen molar-refractivity contribution < 1.29 is 4.39 Å². The molecule has 2 aromatic rings. The Morgan fingerprint density at radius 1 is 1.17 bits per heavy atom. The van der Waals surface area contributed by atoms with Crippen LogP contribution in [0.4, 0.5) is 10.1 Å². The lowest BCUT2D eigenvalue weighted by molar-refractivity contribution is 0.408. The summed E-state index contributed by atoms with van der Waals surface area (Å²) in [6, 6.07) is 8.22. The molecule has 24 heavy (non-hydrogen) atoms. The highest BCUT2D eigenvalue weighted by atomic mass is 32.1. The van der Waals surface area contributed by atoms with E-state index >= 15 is 0 Å². The van der Waals surface area contributed by atoms with Gasteiger partial charge in [0, 0.05) is 28.9 Å². The number of anilines is 1. The summed E-state index contributed by atoms with van der Waals surface area (Å²) in [4.78, 5) is 1.83. The van der Waals surface area contributed by atoms with E-state index in [0.29, 0.717) is 6.54 Å². The Labute approximate surface area is 150 Å². The highest BCUT2D eigenvalue weighted by Gasteiger charge is 2.10. The van der Waals surface area contributed by atoms with Crippen molar-refractivity contribution in [3.05, 3.63) is 29.6 Å². The molecule has 2 rings (SSSR count). The molecule has 0 radical (unpaired) electrons. The van der Waals surface area contributed by atoms with E-state index in [-0.39, 0.29) is 0 Å². The maximum Gasteiger partial charge on any atom is 0.162 e. The van der Waals surface area contributed by atoms with Gasteiger partial charge in [-0.3, -0.25) is 0 Å². The van der Waals surface area contributed by atoms with E-state index in [2.05, 4.69) is 36.7 Å². The lowest BCUT2D eigenvalue weighted by Gasteiger charge is -2.22. The van der Waals surface area contributed by atoms with Gasteiger partial charge >= 0.3 is 0 Å². The molecule has 0 spiro atoms. The first kappa shape index (κ1) is 19.2. The van der Waals surface area contributed by atoms with Crippen LogP contribution in [-0.4, -0.2) is 26.4 Å². The zero-order valence-electron chi connectivity index (χ0n) is 15.1. The van der Waals surface area contributed by atoms with Crippen molar-refractivity contribution in [3.63, 3.8) is 0 Å². The molecule has 0 amide bonds. The summed E-state index contributed by atoms with van der Waals surface area (Å²) in [6.07, 6.45) is 6.44. The molecule has 0 fully saturated rings. The number of hydrogen-bond acceptors (Lipinski definition) is 3. The highest BCUT2D eigenvalue weighted by Crippen LogP contribution is 2.30. The normalized spacial score (nSPS) is 12.6. The van der Waals surface area contributed by atoms with E-state index in [9.17, 15) is 4.39 Å². The third-order valence-corrected chi connectivity index (χ3v) is 5.67. The number of hydrogen-bond donors (Lipinski definition) is 1. The van der Waals surface area contributed by atoms with Crippen LogP contribution in [0.2, 0.25) is 0 Å². The van der Waals surface area contributed by atoms with Gasteiger partial charge in [-0.2, -0.15) is 0 Å². The van der Waals surface area contributed by atoms with Gasteiger partial charge in [0.15, 0.2) is 6.80 Å². The summed E-state index contributed by atoms with van der Waals surface area (Å²) in [6.45, 7) is 6.67. The Hall–Kier alpha value is -1.13. The lowest BCUT2D eigenvalue weighted by Crippen LogP contribution is -2.32. The van der Waals surface area contributed by atoms with Gasteiger partial charge in [-0.15, -0.1) is 11.3 Å². The molecular weight excluding hydrogens is 319 g/mol. The van der Waals surface area contributed by atoms with Gasteiger partial charge < -0.3 is 10.2 Å². The van der Waals surface area contributed by atoms with Gasteiger partial charge in [0.2, 0.25) is 0 Å². The third-order valence-electron chi connectivity index (χ3n) is 4.79. The van der Waals surface area contributed by atoms with Gasteiger partial charge in [0.1, 0.15) is 0 Å². The largest absolute Gasteiger partial charge is 0.343 e. The van der Waals surface area contributed by atoms with Gasteiger partial charge in [-0.1, -0.05) is 45.6 Å². The molecule has 1 unspecified atom stereocenters. The predicted octanol–water partition coefficient (Wildman–Crippen LogP) is 5.83. The predicted molar refractivity (Wildman–Crippen MR) is 106 cm³/mol. The molecule has 1 N–H and O–H groups in total. The standard InChI is InChI=1S/C20H31FN2S/c1-3-5-7-17(4-2)10-12-22-13-14-23(16-21)19-8-6-9-20-18(19)11-15-24-20/h6,8-9,11,15,17,22H,3-5,7,10,12-14,16H2,1-2H3. The minimum Gasteiger partial charge on any atom is -0.343 e. The second kappa shape index (κ2) is 10.7. The number of halogens is 1. The van der Waals surface area contributed by atoms with Gasteiger partial charge in [-0.05, 0) is 42.5 Å². The number of unbranched alkanes of at least 4 members (excludes halogenated alkanes) is 1. The van der Waals surface area contributed by atoms with E-state index in [1.807, 2.05) is 17.0 Å². The number of rotatable bonds is 12. The fourth-order valence-corrected chi connectivity index (χ4v) is 4.00. The number of benzene rings is 1. The zero-order chi connectivity index (χ0) is 17.2. The summed E-state index contributed by atoms with van der Waals surface area (Å²) in [7, 11) is 0. The molecule has 0 saturated carbocycles. The van der Waals surface area contributed by atoms with Crippen LogP contribution in [0.5, 0.6) is 0 Å². The van der Waals surface area contributed by atoms with Crippen molar-refractivity contribution in [2.45, 2.75) is 46.0 Å². The second-order valence-corrected chi connectivity index (χ2v) is 7.40. The van der Waals surface area contributed by atoms with Gasteiger partial charge in [0.25, 0.3) is 0 Å². The van der Waals surface area contributed by atoms with E-state index < -0.39 is 6.80 Å². The Morgan fingerprint density at radius 3 is 2.79 bits per heavy atom. The third kappa shape index (κ3) is 5.45. The molecule has 2 nitrogen and oxygen atoms in total. The average Bonchev–Trinajstić information content (AvgIpc) is 3.09. The maximum absolute atomic E-state index is 13.5. The van der Waals surface area contributed by atoms with Gasteiger partial charge in [0.05, 0.1) is 0 Å². The van der Waals surface area contributed by atoms with E-state index in [4.69, 9.17) is 0 Å². The molecule has 0 aliphatic rings. The molecule has 1 aromatic heterocycles.